The molecule has 1 heterocycles. The van der Waals surface area contributed by atoms with Crippen LogP contribution in [-0.4, -0.2) is 17.1 Å². The Morgan fingerprint density at radius 1 is 1.16 bits per heavy atom. The number of halogens is 2. The summed E-state index contributed by atoms with van der Waals surface area (Å²) in [4.78, 5) is 0.379. The van der Waals surface area contributed by atoms with Gasteiger partial charge in [0.25, 0.3) is 10.0 Å². The standard InChI is InChI=1S/C22H16F2N2O3S2/c1-22(8-6-18(30)12-21(22)24)31(27,28)26-9-7-14-10-17(3-5-20(14)26)29-16-2-4-19(23)15(11-16)13-25/h2-7,9-12,30H,8H2,1H3. The van der Waals surface area contributed by atoms with Gasteiger partial charge < -0.3 is 4.74 Å². The summed E-state index contributed by atoms with van der Waals surface area (Å²) in [6.45, 7) is 1.34. The van der Waals surface area contributed by atoms with Crippen LogP contribution < -0.4 is 4.74 Å². The van der Waals surface area contributed by atoms with Gasteiger partial charge >= 0.3 is 0 Å². The van der Waals surface area contributed by atoms with E-state index < -0.39 is 26.4 Å². The molecule has 2 aromatic carbocycles. The zero-order valence-corrected chi connectivity index (χ0v) is 17.9. The van der Waals surface area contributed by atoms with Crippen LogP contribution in [0, 0.1) is 17.1 Å². The van der Waals surface area contributed by atoms with Crippen LogP contribution in [0.3, 0.4) is 0 Å². The number of benzene rings is 2. The minimum atomic E-state index is -4.13. The summed E-state index contributed by atoms with van der Waals surface area (Å²) in [5.41, 5.74) is 0.212. The molecule has 1 aliphatic rings. The van der Waals surface area contributed by atoms with Crippen molar-refractivity contribution in [2.45, 2.75) is 18.1 Å². The molecule has 0 bridgehead atoms. The Bertz CT molecular complexity index is 1420. The van der Waals surface area contributed by atoms with E-state index in [1.807, 2.05) is 0 Å². The smallest absolute Gasteiger partial charge is 0.251 e. The van der Waals surface area contributed by atoms with Gasteiger partial charge in [0, 0.05) is 22.6 Å². The first-order valence-electron chi connectivity index (χ1n) is 9.16. The fourth-order valence-electron chi connectivity index (χ4n) is 3.34. The van der Waals surface area contributed by atoms with Crippen LogP contribution in [0.25, 0.3) is 10.9 Å². The Kier molecular flexibility index (Phi) is 5.15. The topological polar surface area (TPSA) is 72.1 Å². The number of allylic oxidation sites excluding steroid dienone is 2. The van der Waals surface area contributed by atoms with Gasteiger partial charge in [-0.15, -0.1) is 12.6 Å². The lowest BCUT2D eigenvalue weighted by atomic mass is 10.0. The largest absolute Gasteiger partial charge is 0.457 e. The van der Waals surface area contributed by atoms with Crippen LogP contribution in [0.15, 0.2) is 71.5 Å². The van der Waals surface area contributed by atoms with Crippen molar-refractivity contribution in [2.75, 3.05) is 0 Å². The van der Waals surface area contributed by atoms with E-state index in [0.717, 1.165) is 16.1 Å². The number of fused-ring (bicyclic) bond motifs is 1. The lowest BCUT2D eigenvalue weighted by molar-refractivity contribution is 0.476. The number of rotatable bonds is 4. The number of nitriles is 1. The molecule has 0 saturated heterocycles. The third-order valence-corrected chi connectivity index (χ3v) is 7.88. The first-order chi connectivity index (χ1) is 14.7. The van der Waals surface area contributed by atoms with E-state index in [4.69, 9.17) is 10.00 Å². The molecule has 0 radical (unpaired) electrons. The predicted octanol–water partition coefficient (Wildman–Crippen LogP) is 5.45. The summed E-state index contributed by atoms with van der Waals surface area (Å²) in [6.07, 6.45) is 4.01. The van der Waals surface area contributed by atoms with E-state index in [2.05, 4.69) is 12.6 Å². The SMILES string of the molecule is CC1(S(=O)(=O)n2ccc3cc(Oc4ccc(F)c(C#N)c4)ccc32)CC=C(S)C=C1F. The second-order valence-corrected chi connectivity index (χ2v) is 10.0. The van der Waals surface area contributed by atoms with E-state index in [0.29, 0.717) is 21.6 Å². The van der Waals surface area contributed by atoms with Gasteiger partial charge in [0.15, 0.2) is 0 Å². The highest BCUT2D eigenvalue weighted by molar-refractivity contribution is 7.91. The highest BCUT2D eigenvalue weighted by atomic mass is 32.2. The molecule has 31 heavy (non-hydrogen) atoms. The average molecular weight is 459 g/mol. The molecular formula is C22H16F2N2O3S2. The van der Waals surface area contributed by atoms with Crippen LogP contribution in [0.2, 0.25) is 0 Å². The highest BCUT2D eigenvalue weighted by Gasteiger charge is 2.45. The molecule has 0 N–H and O–H groups in total. The fourth-order valence-corrected chi connectivity index (χ4v) is 5.23. The molecular weight excluding hydrogens is 442 g/mol. The normalized spacial score (nSPS) is 18.9. The number of aromatic nitrogens is 1. The molecule has 1 aromatic heterocycles. The Morgan fingerprint density at radius 2 is 1.87 bits per heavy atom. The average Bonchev–Trinajstić information content (AvgIpc) is 3.16. The third kappa shape index (κ3) is 3.52. The van der Waals surface area contributed by atoms with Gasteiger partial charge in [0.2, 0.25) is 0 Å². The van der Waals surface area contributed by atoms with Gasteiger partial charge in [-0.25, -0.2) is 21.2 Å². The predicted molar refractivity (Wildman–Crippen MR) is 117 cm³/mol. The second-order valence-electron chi connectivity index (χ2n) is 7.25. The number of hydrogen-bond donors (Lipinski definition) is 1. The van der Waals surface area contributed by atoms with Crippen molar-refractivity contribution in [1.82, 2.24) is 3.97 Å². The first-order valence-corrected chi connectivity index (χ1v) is 11.0. The lowest BCUT2D eigenvalue weighted by Crippen LogP contribution is -2.40. The quantitative estimate of drug-likeness (QED) is 0.528. The van der Waals surface area contributed by atoms with Crippen LogP contribution in [0.4, 0.5) is 8.78 Å². The molecule has 1 atom stereocenters. The van der Waals surface area contributed by atoms with Gasteiger partial charge in [0.05, 0.1) is 11.1 Å². The number of hydrogen-bond acceptors (Lipinski definition) is 5. The molecule has 0 spiro atoms. The Morgan fingerprint density at radius 3 is 2.58 bits per heavy atom. The van der Waals surface area contributed by atoms with Gasteiger partial charge in [-0.05, 0) is 55.8 Å². The Balaban J connectivity index is 1.70. The summed E-state index contributed by atoms with van der Waals surface area (Å²) in [6, 6.07) is 11.8. The van der Waals surface area contributed by atoms with Gasteiger partial charge in [-0.1, -0.05) is 6.08 Å². The Labute approximate surface area is 183 Å². The lowest BCUT2D eigenvalue weighted by Gasteiger charge is -2.29. The Hall–Kier alpha value is -3.09. The van der Waals surface area contributed by atoms with Crippen molar-refractivity contribution in [3.05, 3.63) is 82.9 Å². The zero-order chi connectivity index (χ0) is 22.4. The molecule has 0 fully saturated rings. The fraction of sp³-hybridized carbons (Fsp3) is 0.136. The molecule has 1 unspecified atom stereocenters. The zero-order valence-electron chi connectivity index (χ0n) is 16.2. The molecule has 1 aliphatic carbocycles. The van der Waals surface area contributed by atoms with Crippen LogP contribution in [0.5, 0.6) is 11.5 Å². The van der Waals surface area contributed by atoms with Crippen molar-refractivity contribution in [3.63, 3.8) is 0 Å². The van der Waals surface area contributed by atoms with E-state index in [-0.39, 0.29) is 17.7 Å². The van der Waals surface area contributed by atoms with Crippen molar-refractivity contribution in [2.24, 2.45) is 0 Å². The van der Waals surface area contributed by atoms with E-state index >= 15 is 0 Å². The van der Waals surface area contributed by atoms with E-state index in [1.54, 1.807) is 36.4 Å². The number of ether oxygens (including phenoxy) is 1. The molecule has 0 saturated carbocycles. The maximum atomic E-state index is 14.7. The molecule has 0 aliphatic heterocycles. The highest BCUT2D eigenvalue weighted by Crippen LogP contribution is 2.39. The van der Waals surface area contributed by atoms with Crippen molar-refractivity contribution in [3.8, 4) is 17.6 Å². The monoisotopic (exact) mass is 458 g/mol. The molecule has 9 heteroatoms. The molecule has 4 rings (SSSR count). The molecule has 158 valence electrons. The van der Waals surface area contributed by atoms with E-state index in [1.165, 1.54) is 25.3 Å². The van der Waals surface area contributed by atoms with Crippen LogP contribution in [-0.2, 0) is 10.0 Å². The van der Waals surface area contributed by atoms with Crippen molar-refractivity contribution < 1.29 is 21.9 Å². The molecule has 5 nitrogen and oxygen atoms in total. The van der Waals surface area contributed by atoms with Gasteiger partial charge in [-0.3, -0.25) is 0 Å². The van der Waals surface area contributed by atoms with Gasteiger partial charge in [-0.2, -0.15) is 5.26 Å². The minimum absolute atomic E-state index is 0.0385. The van der Waals surface area contributed by atoms with Crippen LogP contribution in [0.1, 0.15) is 18.9 Å². The maximum Gasteiger partial charge on any atom is 0.251 e. The van der Waals surface area contributed by atoms with Crippen LogP contribution >= 0.6 is 12.6 Å². The summed E-state index contributed by atoms with van der Waals surface area (Å²) < 4.78 is 59.8. The first kappa shape index (κ1) is 21.2. The summed E-state index contributed by atoms with van der Waals surface area (Å²) >= 11 is 4.09. The minimum Gasteiger partial charge on any atom is -0.457 e. The molecule has 0 amide bonds. The van der Waals surface area contributed by atoms with Crippen molar-refractivity contribution in [1.29, 1.82) is 5.26 Å². The summed E-state index contributed by atoms with van der Waals surface area (Å²) in [5, 5.41) is 9.50. The molecule has 3 aromatic rings. The third-order valence-electron chi connectivity index (χ3n) is 5.23. The maximum absolute atomic E-state index is 14.7. The number of thiol groups is 1. The second kappa shape index (κ2) is 7.55. The summed E-state index contributed by atoms with van der Waals surface area (Å²) in [7, 11) is -4.13. The summed E-state index contributed by atoms with van der Waals surface area (Å²) in [5.74, 6) is -0.784. The van der Waals surface area contributed by atoms with Gasteiger partial charge in [0.1, 0.15) is 34.0 Å². The van der Waals surface area contributed by atoms with Crippen molar-refractivity contribution >= 4 is 33.6 Å². The number of nitrogens with zero attached hydrogens (tertiary/aromatic N) is 2. The van der Waals surface area contributed by atoms with E-state index in [9.17, 15) is 17.2 Å².